The highest BCUT2D eigenvalue weighted by molar-refractivity contribution is 8.21. The second-order valence-corrected chi connectivity index (χ2v) is 5.43. The van der Waals surface area contributed by atoms with Crippen molar-refractivity contribution >= 4 is 29.6 Å². The molecule has 0 radical (unpaired) electrons. The summed E-state index contributed by atoms with van der Waals surface area (Å²) in [4.78, 5) is 10.7. The van der Waals surface area contributed by atoms with Gasteiger partial charge >= 0.3 is 0 Å². The Kier molecular flexibility index (Phi) is 6.52. The SMILES string of the molecule is COc1ccc(/C=C(\C=C(SC)SC)[N+](=O)[O-])cc1. The van der Waals surface area contributed by atoms with Crippen LogP contribution in [0.4, 0.5) is 0 Å². The van der Waals surface area contributed by atoms with Crippen LogP contribution in [0.1, 0.15) is 5.56 Å². The molecule has 0 aliphatic carbocycles. The summed E-state index contributed by atoms with van der Waals surface area (Å²) >= 11 is 2.98. The molecule has 0 N–H and O–H groups in total. The number of hydrogen-bond acceptors (Lipinski definition) is 5. The molecule has 0 unspecified atom stereocenters. The van der Waals surface area contributed by atoms with E-state index in [4.69, 9.17) is 4.74 Å². The van der Waals surface area contributed by atoms with E-state index in [1.165, 1.54) is 23.5 Å². The van der Waals surface area contributed by atoms with Gasteiger partial charge in [-0.15, -0.1) is 23.5 Å². The molecule has 0 fully saturated rings. The zero-order chi connectivity index (χ0) is 14.3. The summed E-state index contributed by atoms with van der Waals surface area (Å²) in [5.41, 5.74) is 0.842. The molecule has 0 bridgehead atoms. The van der Waals surface area contributed by atoms with Crippen molar-refractivity contribution in [2.75, 3.05) is 19.6 Å². The van der Waals surface area contributed by atoms with Crippen LogP contribution >= 0.6 is 23.5 Å². The first-order chi connectivity index (χ1) is 9.10. The van der Waals surface area contributed by atoms with Gasteiger partial charge in [-0.3, -0.25) is 10.1 Å². The average Bonchev–Trinajstić information content (AvgIpc) is 2.43. The van der Waals surface area contributed by atoms with E-state index in [2.05, 4.69) is 0 Å². The van der Waals surface area contributed by atoms with E-state index in [0.717, 1.165) is 15.6 Å². The summed E-state index contributed by atoms with van der Waals surface area (Å²) in [6.07, 6.45) is 6.92. The van der Waals surface area contributed by atoms with Gasteiger partial charge in [-0.2, -0.15) is 0 Å². The molecule has 19 heavy (non-hydrogen) atoms. The molecule has 0 aliphatic heterocycles. The van der Waals surface area contributed by atoms with Crippen molar-refractivity contribution in [3.63, 3.8) is 0 Å². The fourth-order valence-corrected chi connectivity index (χ4v) is 2.48. The van der Waals surface area contributed by atoms with Crippen LogP contribution in [0.15, 0.2) is 40.3 Å². The van der Waals surface area contributed by atoms with E-state index in [-0.39, 0.29) is 10.6 Å². The number of hydrogen-bond donors (Lipinski definition) is 0. The van der Waals surface area contributed by atoms with Crippen LogP contribution in [-0.2, 0) is 0 Å². The van der Waals surface area contributed by atoms with Crippen LogP contribution in [0.25, 0.3) is 6.08 Å². The number of allylic oxidation sites excluding steroid dienone is 1. The van der Waals surface area contributed by atoms with Crippen molar-refractivity contribution in [3.8, 4) is 5.75 Å². The van der Waals surface area contributed by atoms with Gasteiger partial charge in [0.1, 0.15) is 5.75 Å². The van der Waals surface area contributed by atoms with Gasteiger partial charge in [-0.1, -0.05) is 12.1 Å². The molecule has 0 atom stereocenters. The fraction of sp³-hybridized carbons (Fsp3) is 0.231. The average molecular weight is 297 g/mol. The molecule has 0 saturated heterocycles. The second-order valence-electron chi connectivity index (χ2n) is 3.47. The standard InChI is InChI=1S/C13H15NO3S2/c1-17-12-6-4-10(5-7-12)8-11(14(15)16)9-13(18-2)19-3/h4-9H,1-3H3/b11-8+. The topological polar surface area (TPSA) is 52.4 Å². The summed E-state index contributed by atoms with van der Waals surface area (Å²) in [7, 11) is 1.58. The highest BCUT2D eigenvalue weighted by Crippen LogP contribution is 2.26. The zero-order valence-corrected chi connectivity index (χ0v) is 12.6. The number of nitro groups is 1. The van der Waals surface area contributed by atoms with Crippen molar-refractivity contribution in [3.05, 3.63) is 56.0 Å². The predicted octanol–water partition coefficient (Wildman–Crippen LogP) is 3.88. The number of rotatable bonds is 6. The molecule has 1 rings (SSSR count). The van der Waals surface area contributed by atoms with E-state index in [9.17, 15) is 10.1 Å². The Labute approximate surface area is 121 Å². The molecular weight excluding hydrogens is 282 g/mol. The maximum atomic E-state index is 11.0. The number of ether oxygens (including phenoxy) is 1. The van der Waals surface area contributed by atoms with E-state index in [0.29, 0.717) is 0 Å². The Balaban J connectivity index is 3.07. The molecule has 0 aromatic heterocycles. The molecule has 0 saturated carbocycles. The van der Waals surface area contributed by atoms with Gasteiger partial charge in [0.05, 0.1) is 12.0 Å². The molecule has 4 nitrogen and oxygen atoms in total. The van der Waals surface area contributed by atoms with Crippen molar-refractivity contribution < 1.29 is 9.66 Å². The fourth-order valence-electron chi connectivity index (χ4n) is 1.34. The van der Waals surface area contributed by atoms with Crippen LogP contribution in [0.5, 0.6) is 5.75 Å². The molecular formula is C13H15NO3S2. The minimum Gasteiger partial charge on any atom is -0.497 e. The molecule has 0 heterocycles. The van der Waals surface area contributed by atoms with E-state index < -0.39 is 0 Å². The third kappa shape index (κ3) is 5.00. The summed E-state index contributed by atoms with van der Waals surface area (Å²) < 4.78 is 5.95. The summed E-state index contributed by atoms with van der Waals surface area (Å²) in [5, 5.41) is 11.0. The Bertz CT molecular complexity index is 489. The zero-order valence-electron chi connectivity index (χ0n) is 11.0. The maximum absolute atomic E-state index is 11.0. The van der Waals surface area contributed by atoms with Gasteiger partial charge in [0.2, 0.25) is 0 Å². The van der Waals surface area contributed by atoms with Crippen molar-refractivity contribution in [2.45, 2.75) is 0 Å². The Hall–Kier alpha value is -1.40. The van der Waals surface area contributed by atoms with E-state index >= 15 is 0 Å². The maximum Gasteiger partial charge on any atom is 0.271 e. The number of nitrogens with zero attached hydrogens (tertiary/aromatic N) is 1. The predicted molar refractivity (Wildman–Crippen MR) is 83.1 cm³/mol. The van der Waals surface area contributed by atoms with Gasteiger partial charge in [0.15, 0.2) is 0 Å². The van der Waals surface area contributed by atoms with Crippen molar-refractivity contribution in [2.24, 2.45) is 0 Å². The third-order valence-corrected chi connectivity index (χ3v) is 4.35. The largest absolute Gasteiger partial charge is 0.497 e. The first kappa shape index (κ1) is 15.7. The molecule has 6 heteroatoms. The summed E-state index contributed by atoms with van der Waals surface area (Å²) in [5.74, 6) is 0.726. The summed E-state index contributed by atoms with van der Waals surface area (Å²) in [6, 6.07) is 7.12. The van der Waals surface area contributed by atoms with Gasteiger partial charge < -0.3 is 4.74 Å². The number of methoxy groups -OCH3 is 1. The van der Waals surface area contributed by atoms with Crippen molar-refractivity contribution in [1.29, 1.82) is 0 Å². The lowest BCUT2D eigenvalue weighted by atomic mass is 10.2. The van der Waals surface area contributed by atoms with Crippen LogP contribution in [0, 0.1) is 10.1 Å². The summed E-state index contributed by atoms with van der Waals surface area (Å²) in [6.45, 7) is 0. The lowest BCUT2D eigenvalue weighted by molar-refractivity contribution is -0.417. The lowest BCUT2D eigenvalue weighted by Gasteiger charge is -2.00. The third-order valence-electron chi connectivity index (χ3n) is 2.31. The highest BCUT2D eigenvalue weighted by Gasteiger charge is 2.09. The minimum atomic E-state index is -0.378. The van der Waals surface area contributed by atoms with Gasteiger partial charge in [0, 0.05) is 16.4 Å². The van der Waals surface area contributed by atoms with Crippen LogP contribution < -0.4 is 4.74 Å². The van der Waals surface area contributed by atoms with E-state index in [1.807, 2.05) is 12.5 Å². The van der Waals surface area contributed by atoms with Crippen LogP contribution in [0.2, 0.25) is 0 Å². The van der Waals surface area contributed by atoms with Gasteiger partial charge in [-0.25, -0.2) is 0 Å². The molecule has 1 aromatic carbocycles. The Morgan fingerprint density at radius 1 is 1.26 bits per heavy atom. The van der Waals surface area contributed by atoms with Gasteiger partial charge in [-0.05, 0) is 30.2 Å². The van der Waals surface area contributed by atoms with Gasteiger partial charge in [0.25, 0.3) is 5.70 Å². The van der Waals surface area contributed by atoms with Crippen LogP contribution in [0.3, 0.4) is 0 Å². The first-order valence-corrected chi connectivity index (χ1v) is 7.85. The number of thioether (sulfide) groups is 2. The molecule has 0 amide bonds. The molecule has 0 aliphatic rings. The molecule has 0 spiro atoms. The monoisotopic (exact) mass is 297 g/mol. The second kappa shape index (κ2) is 7.91. The molecule has 1 aromatic rings. The Morgan fingerprint density at radius 2 is 1.84 bits per heavy atom. The smallest absolute Gasteiger partial charge is 0.271 e. The first-order valence-electron chi connectivity index (χ1n) is 5.40. The number of benzene rings is 1. The normalized spacial score (nSPS) is 11.0. The quantitative estimate of drug-likeness (QED) is 0.453. The lowest BCUT2D eigenvalue weighted by Crippen LogP contribution is -1.96. The van der Waals surface area contributed by atoms with E-state index in [1.54, 1.807) is 43.5 Å². The minimum absolute atomic E-state index is 0.0730. The molecule has 102 valence electrons. The van der Waals surface area contributed by atoms with Crippen LogP contribution in [-0.4, -0.2) is 24.5 Å². The Morgan fingerprint density at radius 3 is 2.26 bits per heavy atom. The van der Waals surface area contributed by atoms with Crippen molar-refractivity contribution in [1.82, 2.24) is 0 Å². The highest BCUT2D eigenvalue weighted by atomic mass is 32.2.